The average molecular weight is 486 g/mol. The van der Waals surface area contributed by atoms with E-state index in [1.165, 1.54) is 10.8 Å². The molecule has 174 valence electrons. The van der Waals surface area contributed by atoms with Gasteiger partial charge in [-0.15, -0.1) is 0 Å². The van der Waals surface area contributed by atoms with Gasteiger partial charge in [0.05, 0.1) is 22.8 Å². The van der Waals surface area contributed by atoms with Crippen molar-refractivity contribution in [1.29, 1.82) is 0 Å². The Morgan fingerprint density at radius 2 is 2.06 bits per heavy atom. The number of nitrogens with one attached hydrogen (secondary N) is 2. The summed E-state index contributed by atoms with van der Waals surface area (Å²) in [5, 5.41) is 13.8. The Bertz CT molecular complexity index is 1050. The van der Waals surface area contributed by atoms with Crippen molar-refractivity contribution in [2.24, 2.45) is 0 Å². The van der Waals surface area contributed by atoms with Crippen LogP contribution in [0.2, 0.25) is 10.0 Å². The van der Waals surface area contributed by atoms with Gasteiger partial charge in [-0.3, -0.25) is 19.1 Å². The number of aliphatic hydroxyl groups is 1. The summed E-state index contributed by atoms with van der Waals surface area (Å²) in [7, 11) is 0. The van der Waals surface area contributed by atoms with Gasteiger partial charge in [0, 0.05) is 31.1 Å². The third-order valence-corrected chi connectivity index (χ3v) is 5.75. The van der Waals surface area contributed by atoms with Gasteiger partial charge in [-0.05, 0) is 25.0 Å². The van der Waals surface area contributed by atoms with E-state index < -0.39 is 29.7 Å². The predicted molar refractivity (Wildman–Crippen MR) is 119 cm³/mol. The number of para-hydroxylation sites is 1. The number of carbonyl (C=O) groups excluding carboxylic acids is 1. The lowest BCUT2D eigenvalue weighted by Crippen LogP contribution is -2.37. The summed E-state index contributed by atoms with van der Waals surface area (Å²) < 4.78 is 12.6. The first-order valence-corrected chi connectivity index (χ1v) is 11.1. The fraction of sp³-hybridized carbons (Fsp3) is 0.476. The van der Waals surface area contributed by atoms with Crippen LogP contribution in [-0.4, -0.2) is 45.9 Å². The zero-order valence-corrected chi connectivity index (χ0v) is 19.0. The first-order chi connectivity index (χ1) is 15.3. The molecular formula is C21H25Cl2N3O6. The van der Waals surface area contributed by atoms with Crippen molar-refractivity contribution in [2.45, 2.75) is 51.0 Å². The van der Waals surface area contributed by atoms with Crippen molar-refractivity contribution in [3.05, 3.63) is 60.8 Å². The fourth-order valence-electron chi connectivity index (χ4n) is 3.39. The summed E-state index contributed by atoms with van der Waals surface area (Å²) in [5.74, 6) is 0.154. The highest BCUT2D eigenvalue weighted by atomic mass is 35.5. The number of halogens is 2. The van der Waals surface area contributed by atoms with Gasteiger partial charge in [-0.2, -0.15) is 0 Å². The van der Waals surface area contributed by atoms with Crippen LogP contribution in [0.3, 0.4) is 0 Å². The minimum atomic E-state index is -0.866. The molecule has 2 heterocycles. The highest BCUT2D eigenvalue weighted by molar-refractivity contribution is 6.37. The summed E-state index contributed by atoms with van der Waals surface area (Å²) in [6.45, 7) is 2.15. The van der Waals surface area contributed by atoms with Gasteiger partial charge in [-0.1, -0.05) is 36.2 Å². The van der Waals surface area contributed by atoms with Gasteiger partial charge in [0.2, 0.25) is 5.91 Å². The van der Waals surface area contributed by atoms with Crippen LogP contribution in [0.15, 0.2) is 34.0 Å². The smallest absolute Gasteiger partial charge is 0.330 e. The molecule has 0 spiro atoms. The number of ether oxygens (including phenoxy) is 2. The highest BCUT2D eigenvalue weighted by Gasteiger charge is 2.35. The molecule has 11 heteroatoms. The van der Waals surface area contributed by atoms with Gasteiger partial charge >= 0.3 is 5.69 Å². The molecule has 2 aromatic rings. The Morgan fingerprint density at radius 1 is 1.34 bits per heavy atom. The number of aryl methyl sites for hydroxylation is 1. The number of rotatable bonds is 9. The standard InChI is InChI=1S/C21H25Cl2N3O6/c1-2-12-11-26(21(30)25-20(12)29)18-9-15(27)16(32-18)10-24-17(28)7-4-8-31-19-13(22)5-3-6-14(19)23/h3,5-6,11,15-16,18,27H,2,4,7-10H2,1H3,(H,24,28)(H,25,29,30)/t15?,16-,18-/m0/s1. The number of aromatic nitrogens is 2. The quantitative estimate of drug-likeness (QED) is 0.467. The van der Waals surface area contributed by atoms with E-state index in [-0.39, 0.29) is 31.9 Å². The molecule has 1 unspecified atom stereocenters. The Labute approximate surface area is 194 Å². The van der Waals surface area contributed by atoms with E-state index in [0.717, 1.165) is 0 Å². The predicted octanol–water partition coefficient (Wildman–Crippen LogP) is 2.03. The summed E-state index contributed by atoms with van der Waals surface area (Å²) in [5.41, 5.74) is -0.593. The number of aromatic amines is 1. The molecule has 1 saturated heterocycles. The van der Waals surface area contributed by atoms with Gasteiger partial charge in [0.1, 0.15) is 12.3 Å². The van der Waals surface area contributed by atoms with Gasteiger partial charge in [0.15, 0.2) is 5.75 Å². The van der Waals surface area contributed by atoms with Crippen molar-refractivity contribution in [3.63, 3.8) is 0 Å². The first kappa shape index (κ1) is 24.3. The summed E-state index contributed by atoms with van der Waals surface area (Å²) in [6.07, 6.45) is 0.449. The lowest BCUT2D eigenvalue weighted by atomic mass is 10.1. The van der Waals surface area contributed by atoms with E-state index in [1.807, 2.05) is 0 Å². The lowest BCUT2D eigenvalue weighted by Gasteiger charge is -2.17. The van der Waals surface area contributed by atoms with Gasteiger partial charge in [-0.25, -0.2) is 4.79 Å². The number of nitrogens with zero attached hydrogens (tertiary/aromatic N) is 1. The summed E-state index contributed by atoms with van der Waals surface area (Å²) in [4.78, 5) is 38.2. The molecule has 1 aromatic carbocycles. The maximum absolute atomic E-state index is 12.1. The SMILES string of the molecule is CCc1cn([C@@H]2CC(O)[C@H](CNC(=O)CCCOc3c(Cl)cccc3Cl)O2)c(=O)[nH]c1=O. The molecule has 0 radical (unpaired) electrons. The summed E-state index contributed by atoms with van der Waals surface area (Å²) >= 11 is 12.1. The maximum atomic E-state index is 12.1. The maximum Gasteiger partial charge on any atom is 0.330 e. The van der Waals surface area contributed by atoms with Crippen molar-refractivity contribution >= 4 is 29.1 Å². The third-order valence-electron chi connectivity index (χ3n) is 5.15. The minimum absolute atomic E-state index is 0.0897. The van der Waals surface area contributed by atoms with Crippen LogP contribution >= 0.6 is 23.2 Å². The first-order valence-electron chi connectivity index (χ1n) is 10.3. The normalized spacial score (nSPS) is 20.3. The van der Waals surface area contributed by atoms with E-state index in [1.54, 1.807) is 25.1 Å². The Balaban J connectivity index is 1.45. The third kappa shape index (κ3) is 5.92. The minimum Gasteiger partial charge on any atom is -0.490 e. The zero-order valence-electron chi connectivity index (χ0n) is 17.5. The molecular weight excluding hydrogens is 461 g/mol. The van der Waals surface area contributed by atoms with Crippen LogP contribution in [0, 0.1) is 0 Å². The van der Waals surface area contributed by atoms with E-state index in [0.29, 0.717) is 34.2 Å². The van der Waals surface area contributed by atoms with Crippen molar-refractivity contribution in [2.75, 3.05) is 13.2 Å². The molecule has 3 atom stereocenters. The van der Waals surface area contributed by atoms with E-state index >= 15 is 0 Å². The fourth-order valence-corrected chi connectivity index (χ4v) is 3.90. The topological polar surface area (TPSA) is 123 Å². The Hall–Kier alpha value is -2.33. The average Bonchev–Trinajstić information content (AvgIpc) is 3.11. The molecule has 1 fully saturated rings. The molecule has 0 bridgehead atoms. The molecule has 1 aliphatic heterocycles. The molecule has 32 heavy (non-hydrogen) atoms. The van der Waals surface area contributed by atoms with Crippen LogP contribution in [0.5, 0.6) is 5.75 Å². The number of aliphatic hydroxyl groups excluding tert-OH is 1. The van der Waals surface area contributed by atoms with E-state index in [9.17, 15) is 19.5 Å². The monoisotopic (exact) mass is 485 g/mol. The number of amides is 1. The Kier molecular flexibility index (Phi) is 8.36. The van der Waals surface area contributed by atoms with Crippen molar-refractivity contribution in [1.82, 2.24) is 14.9 Å². The van der Waals surface area contributed by atoms with E-state index in [4.69, 9.17) is 32.7 Å². The number of benzene rings is 1. The van der Waals surface area contributed by atoms with Crippen LogP contribution < -0.4 is 21.3 Å². The van der Waals surface area contributed by atoms with Gasteiger partial charge < -0.3 is 19.9 Å². The second kappa shape index (κ2) is 11.0. The lowest BCUT2D eigenvalue weighted by molar-refractivity contribution is -0.122. The molecule has 1 amide bonds. The van der Waals surface area contributed by atoms with Crippen LogP contribution in [-0.2, 0) is 16.0 Å². The van der Waals surface area contributed by atoms with Crippen LogP contribution in [0.1, 0.15) is 38.0 Å². The van der Waals surface area contributed by atoms with Crippen LogP contribution in [0.4, 0.5) is 0 Å². The molecule has 1 aliphatic rings. The number of H-pyrrole nitrogens is 1. The molecule has 9 nitrogen and oxygen atoms in total. The van der Waals surface area contributed by atoms with Gasteiger partial charge in [0.25, 0.3) is 5.56 Å². The van der Waals surface area contributed by atoms with Crippen molar-refractivity contribution < 1.29 is 19.4 Å². The van der Waals surface area contributed by atoms with Crippen molar-refractivity contribution in [3.8, 4) is 5.75 Å². The molecule has 0 saturated carbocycles. The number of hydrogen-bond donors (Lipinski definition) is 3. The number of carbonyl (C=O) groups is 1. The molecule has 3 rings (SSSR count). The molecule has 0 aliphatic carbocycles. The largest absolute Gasteiger partial charge is 0.490 e. The number of hydrogen-bond acceptors (Lipinski definition) is 6. The van der Waals surface area contributed by atoms with Crippen LogP contribution in [0.25, 0.3) is 0 Å². The van der Waals surface area contributed by atoms with E-state index in [2.05, 4.69) is 10.3 Å². The Morgan fingerprint density at radius 3 is 2.75 bits per heavy atom. The molecule has 3 N–H and O–H groups in total. The second-order valence-electron chi connectivity index (χ2n) is 7.41. The highest BCUT2D eigenvalue weighted by Crippen LogP contribution is 2.32. The zero-order chi connectivity index (χ0) is 23.3. The second-order valence-corrected chi connectivity index (χ2v) is 8.23. The summed E-state index contributed by atoms with van der Waals surface area (Å²) in [6, 6.07) is 5.05. The molecule has 1 aromatic heterocycles.